The summed E-state index contributed by atoms with van der Waals surface area (Å²) in [5.41, 5.74) is -1.99. The molecule has 0 aliphatic carbocycles. The molecule has 2 atom stereocenters. The Balaban J connectivity index is 0.00000590. The Labute approximate surface area is 359 Å². The molecule has 0 N–H and O–H groups in total. The Morgan fingerprint density at radius 3 is 1.15 bits per heavy atom. The van der Waals surface area contributed by atoms with Crippen LogP contribution in [-0.4, -0.2) is 94.3 Å². The van der Waals surface area contributed by atoms with Crippen molar-refractivity contribution in [3.63, 3.8) is 0 Å². The zero-order valence-corrected chi connectivity index (χ0v) is 41.0. The van der Waals surface area contributed by atoms with E-state index in [4.69, 9.17) is 18.9 Å². The number of hydrogen-bond acceptors (Lipinski definition) is 10. The van der Waals surface area contributed by atoms with Crippen LogP contribution in [0.2, 0.25) is 0 Å². The molecule has 0 saturated carbocycles. The predicted molar refractivity (Wildman–Crippen MR) is 238 cm³/mol. The fourth-order valence-electron chi connectivity index (χ4n) is 9.02. The Bertz CT molecular complexity index is 1580. The summed E-state index contributed by atoms with van der Waals surface area (Å²) < 4.78 is 24.8. The smallest absolute Gasteiger partial charge is 0.339 e. The van der Waals surface area contributed by atoms with E-state index >= 15 is 0 Å². The van der Waals surface area contributed by atoms with E-state index in [9.17, 15) is 19.2 Å². The first-order valence-electron chi connectivity index (χ1n) is 22.3. The molecule has 2 unspecified atom stereocenters. The van der Waals surface area contributed by atoms with Crippen molar-refractivity contribution >= 4 is 23.9 Å². The zero-order chi connectivity index (χ0) is 45.7. The zero-order valence-electron chi connectivity index (χ0n) is 41.0. The second-order valence-corrected chi connectivity index (χ2v) is 22.0. The van der Waals surface area contributed by atoms with Gasteiger partial charge in [0.05, 0.1) is 22.3 Å². The molecular weight excluding hydrogens is 745 g/mol. The van der Waals surface area contributed by atoms with Gasteiger partial charge in [0, 0.05) is 47.8 Å². The van der Waals surface area contributed by atoms with Gasteiger partial charge in [0.25, 0.3) is 0 Å². The van der Waals surface area contributed by atoms with E-state index in [1.807, 2.05) is 27.7 Å². The molecule has 2 heterocycles. The minimum atomic E-state index is -0.768. The lowest BCUT2D eigenvalue weighted by atomic mass is 9.78. The summed E-state index contributed by atoms with van der Waals surface area (Å²) in [4.78, 5) is 62.3. The summed E-state index contributed by atoms with van der Waals surface area (Å²) in [5.74, 6) is -3.06. The minimum absolute atomic E-state index is 0.140. The molecule has 338 valence electrons. The minimum Gasteiger partial charge on any atom is -0.459 e. The molecule has 2 fully saturated rings. The maximum absolute atomic E-state index is 14.5. The van der Waals surface area contributed by atoms with Crippen LogP contribution >= 0.6 is 0 Å². The monoisotopic (exact) mass is 829 g/mol. The third-order valence-electron chi connectivity index (χ3n) is 12.4. The van der Waals surface area contributed by atoms with Crippen LogP contribution in [0.3, 0.4) is 0 Å². The summed E-state index contributed by atoms with van der Waals surface area (Å²) in [7, 11) is 4.15. The Kier molecular flexibility index (Phi) is 17.5. The van der Waals surface area contributed by atoms with E-state index in [0.29, 0.717) is 51.4 Å². The van der Waals surface area contributed by atoms with Crippen molar-refractivity contribution in [1.29, 1.82) is 0 Å². The summed E-state index contributed by atoms with van der Waals surface area (Å²) >= 11 is 0. The standard InChI is InChI=1S/C47H78N2O8.C2H6/c1-19-21-31(25-43(6,7)8)55-39(51)35-23-37(41(53)57-33-28-46(13,14)49(18)47(15,16)29-33)36(22-34(35)38(50)54-30(20-2)24-42(3,4)5)40(52)56-32-26-44(9,10)48(17)45(11,12)27-32;1-2/h22-23,30-33H,19-21,24-29H2,1-18H3;1-2H3. The summed E-state index contributed by atoms with van der Waals surface area (Å²) in [6, 6.07) is 2.60. The van der Waals surface area contributed by atoms with Gasteiger partial charge in [-0.15, -0.1) is 0 Å². The average molecular weight is 829 g/mol. The van der Waals surface area contributed by atoms with E-state index in [0.717, 1.165) is 6.42 Å². The largest absolute Gasteiger partial charge is 0.459 e. The first kappa shape index (κ1) is 52.2. The van der Waals surface area contributed by atoms with Crippen LogP contribution in [0.15, 0.2) is 12.1 Å². The summed E-state index contributed by atoms with van der Waals surface area (Å²) in [5, 5.41) is 0. The van der Waals surface area contributed by atoms with Crippen LogP contribution in [0.1, 0.15) is 224 Å². The van der Waals surface area contributed by atoms with Gasteiger partial charge in [-0.2, -0.15) is 0 Å². The van der Waals surface area contributed by atoms with Crippen molar-refractivity contribution in [3.8, 4) is 0 Å². The van der Waals surface area contributed by atoms with Crippen LogP contribution in [0.5, 0.6) is 0 Å². The summed E-state index contributed by atoms with van der Waals surface area (Å²) in [6.07, 6.45) is 3.57. The van der Waals surface area contributed by atoms with Gasteiger partial charge in [-0.05, 0) is 118 Å². The van der Waals surface area contributed by atoms with Crippen molar-refractivity contribution < 1.29 is 38.1 Å². The van der Waals surface area contributed by atoms with Crippen LogP contribution in [-0.2, 0) is 18.9 Å². The van der Waals surface area contributed by atoms with Crippen molar-refractivity contribution in [2.24, 2.45) is 10.8 Å². The molecule has 0 bridgehead atoms. The third kappa shape index (κ3) is 14.3. The van der Waals surface area contributed by atoms with Crippen LogP contribution in [0.4, 0.5) is 0 Å². The topological polar surface area (TPSA) is 112 Å². The lowest BCUT2D eigenvalue weighted by molar-refractivity contribution is -0.0752. The molecule has 3 rings (SSSR count). The van der Waals surface area contributed by atoms with Crippen LogP contribution in [0.25, 0.3) is 0 Å². The Hall–Kier alpha value is -2.98. The highest BCUT2D eigenvalue weighted by molar-refractivity contribution is 6.10. The van der Waals surface area contributed by atoms with Gasteiger partial charge in [-0.25, -0.2) is 19.2 Å². The van der Waals surface area contributed by atoms with Gasteiger partial charge in [0.2, 0.25) is 0 Å². The van der Waals surface area contributed by atoms with Crippen LogP contribution < -0.4 is 0 Å². The number of rotatable bonds is 13. The Morgan fingerprint density at radius 1 is 0.576 bits per heavy atom. The molecular formula is C49H84N2O8. The molecule has 0 radical (unpaired) electrons. The highest BCUT2D eigenvalue weighted by Gasteiger charge is 2.46. The molecule has 2 aliphatic heterocycles. The molecule has 0 spiro atoms. The number of piperidine rings is 2. The lowest BCUT2D eigenvalue weighted by Gasteiger charge is -2.53. The third-order valence-corrected chi connectivity index (χ3v) is 12.4. The van der Waals surface area contributed by atoms with E-state index in [-0.39, 0.29) is 55.2 Å². The van der Waals surface area contributed by atoms with E-state index in [1.54, 1.807) is 0 Å². The molecule has 59 heavy (non-hydrogen) atoms. The second kappa shape index (κ2) is 19.8. The van der Waals surface area contributed by atoms with E-state index < -0.39 is 48.3 Å². The van der Waals surface area contributed by atoms with Crippen molar-refractivity contribution in [3.05, 3.63) is 34.4 Å². The number of esters is 4. The fraction of sp³-hybridized carbons (Fsp3) is 0.796. The number of carbonyl (C=O) groups excluding carboxylic acids is 4. The molecule has 10 nitrogen and oxygen atoms in total. The first-order chi connectivity index (χ1) is 26.8. The van der Waals surface area contributed by atoms with Crippen molar-refractivity contribution in [1.82, 2.24) is 9.80 Å². The number of benzene rings is 1. The quantitative estimate of drug-likeness (QED) is 0.141. The van der Waals surface area contributed by atoms with Crippen molar-refractivity contribution in [2.75, 3.05) is 14.1 Å². The van der Waals surface area contributed by atoms with Gasteiger partial charge in [0.15, 0.2) is 0 Å². The number of likely N-dealkylation sites (tertiary alicyclic amines) is 2. The second-order valence-electron chi connectivity index (χ2n) is 22.0. The number of carbonyl (C=O) groups is 4. The van der Waals surface area contributed by atoms with Gasteiger partial charge >= 0.3 is 23.9 Å². The molecule has 2 saturated heterocycles. The fourth-order valence-corrected chi connectivity index (χ4v) is 9.02. The molecule has 2 aliphatic rings. The van der Waals surface area contributed by atoms with Gasteiger partial charge in [-0.3, -0.25) is 9.80 Å². The highest BCUT2D eigenvalue weighted by atomic mass is 16.6. The molecule has 1 aromatic carbocycles. The molecule has 0 aromatic heterocycles. The van der Waals surface area contributed by atoms with E-state index in [1.165, 1.54) is 12.1 Å². The normalized spacial score (nSPS) is 20.7. The van der Waals surface area contributed by atoms with Crippen LogP contribution in [0, 0.1) is 10.8 Å². The molecule has 0 amide bonds. The van der Waals surface area contributed by atoms with Gasteiger partial charge < -0.3 is 18.9 Å². The Morgan fingerprint density at radius 2 is 0.864 bits per heavy atom. The maximum atomic E-state index is 14.5. The van der Waals surface area contributed by atoms with E-state index in [2.05, 4.69) is 121 Å². The lowest BCUT2D eigenvalue weighted by Crippen LogP contribution is -2.60. The predicted octanol–water partition coefficient (Wildman–Crippen LogP) is 11.5. The van der Waals surface area contributed by atoms with Gasteiger partial charge in [-0.1, -0.05) is 75.7 Å². The summed E-state index contributed by atoms with van der Waals surface area (Å²) in [6.45, 7) is 37.4. The highest BCUT2D eigenvalue weighted by Crippen LogP contribution is 2.40. The number of ether oxygens (including phenoxy) is 4. The van der Waals surface area contributed by atoms with Gasteiger partial charge in [0.1, 0.15) is 24.4 Å². The SMILES string of the molecule is CC.CCCC(CC(C)(C)C)OC(=O)c1cc(C(=O)OC2CC(C)(C)N(C)C(C)(C)C2)c(C(=O)OC2CC(C)(C)N(C)C(C)(C)C2)cc1C(=O)OC(CC)CC(C)(C)C. The maximum Gasteiger partial charge on any atom is 0.339 e. The number of nitrogens with zero attached hydrogens (tertiary/aromatic N) is 2. The van der Waals surface area contributed by atoms with Crippen molar-refractivity contribution in [2.45, 2.75) is 229 Å². The first-order valence-corrected chi connectivity index (χ1v) is 22.3. The average Bonchev–Trinajstić information content (AvgIpc) is 3.07. The number of hydrogen-bond donors (Lipinski definition) is 0. The molecule has 1 aromatic rings. The molecule has 10 heteroatoms.